The van der Waals surface area contributed by atoms with Crippen LogP contribution < -0.4 is 10.6 Å². The monoisotopic (exact) mass is 348 g/mol. The van der Waals surface area contributed by atoms with E-state index in [0.29, 0.717) is 24.4 Å². The summed E-state index contributed by atoms with van der Waals surface area (Å²) in [5.41, 5.74) is 1.02. The van der Waals surface area contributed by atoms with Gasteiger partial charge in [-0.3, -0.25) is 9.59 Å². The molecule has 0 radical (unpaired) electrons. The molecule has 0 bridgehead atoms. The van der Waals surface area contributed by atoms with Gasteiger partial charge in [-0.15, -0.1) is 0 Å². The van der Waals surface area contributed by atoms with Crippen LogP contribution >= 0.6 is 11.6 Å². The smallest absolute Gasteiger partial charge is 0.254 e. The van der Waals surface area contributed by atoms with Crippen molar-refractivity contribution in [1.29, 1.82) is 0 Å². The molecule has 0 aliphatic heterocycles. The quantitative estimate of drug-likeness (QED) is 0.756. The molecular weight excluding hydrogens is 331 g/mol. The van der Waals surface area contributed by atoms with E-state index in [1.165, 1.54) is 18.2 Å². The number of amides is 2. The maximum atomic E-state index is 13.4. The number of nitrogens with one attached hydrogen (secondary N) is 2. The molecular formula is C18H18ClFN2O2. The fourth-order valence-corrected chi connectivity index (χ4v) is 2.24. The van der Waals surface area contributed by atoms with Crippen molar-refractivity contribution in [2.75, 3.05) is 13.1 Å². The molecule has 0 fully saturated rings. The van der Waals surface area contributed by atoms with E-state index in [9.17, 15) is 14.0 Å². The molecule has 126 valence electrons. The molecule has 0 heterocycles. The van der Waals surface area contributed by atoms with Gasteiger partial charge in [0.05, 0.1) is 5.56 Å². The van der Waals surface area contributed by atoms with Gasteiger partial charge >= 0.3 is 0 Å². The minimum absolute atomic E-state index is 0.00781. The Bertz CT molecular complexity index is 704. The lowest BCUT2D eigenvalue weighted by Gasteiger charge is -2.08. The Kier molecular flexibility index (Phi) is 6.75. The summed E-state index contributed by atoms with van der Waals surface area (Å²) in [7, 11) is 0. The molecule has 0 aliphatic rings. The van der Waals surface area contributed by atoms with E-state index in [-0.39, 0.29) is 18.0 Å². The maximum Gasteiger partial charge on any atom is 0.254 e. The number of halogens is 2. The van der Waals surface area contributed by atoms with Crippen molar-refractivity contribution in [2.45, 2.75) is 12.8 Å². The molecule has 0 atom stereocenters. The van der Waals surface area contributed by atoms with Crippen LogP contribution in [-0.4, -0.2) is 24.9 Å². The normalized spacial score (nSPS) is 10.2. The summed E-state index contributed by atoms with van der Waals surface area (Å²) in [4.78, 5) is 23.5. The fourth-order valence-electron chi connectivity index (χ4n) is 2.12. The zero-order valence-electron chi connectivity index (χ0n) is 13.0. The highest BCUT2D eigenvalue weighted by Gasteiger charge is 2.09. The maximum absolute atomic E-state index is 13.4. The van der Waals surface area contributed by atoms with Crippen LogP contribution in [0.2, 0.25) is 5.02 Å². The lowest BCUT2D eigenvalue weighted by atomic mass is 10.1. The lowest BCUT2D eigenvalue weighted by Crippen LogP contribution is -2.35. The molecule has 0 unspecified atom stereocenters. The van der Waals surface area contributed by atoms with Crippen molar-refractivity contribution in [3.05, 3.63) is 70.5 Å². The predicted molar refractivity (Wildman–Crippen MR) is 91.5 cm³/mol. The molecule has 6 heteroatoms. The first-order valence-electron chi connectivity index (χ1n) is 7.60. The van der Waals surface area contributed by atoms with E-state index < -0.39 is 11.7 Å². The minimum Gasteiger partial charge on any atom is -0.354 e. The van der Waals surface area contributed by atoms with Crippen molar-refractivity contribution in [3.8, 4) is 0 Å². The number of aryl methyl sites for hydroxylation is 1. The van der Waals surface area contributed by atoms with Crippen molar-refractivity contribution in [2.24, 2.45) is 0 Å². The van der Waals surface area contributed by atoms with E-state index in [4.69, 9.17) is 11.6 Å². The highest BCUT2D eigenvalue weighted by Crippen LogP contribution is 2.10. The second-order valence-corrected chi connectivity index (χ2v) is 5.65. The largest absolute Gasteiger partial charge is 0.354 e. The van der Waals surface area contributed by atoms with Crippen LogP contribution in [0, 0.1) is 5.82 Å². The van der Waals surface area contributed by atoms with E-state index >= 15 is 0 Å². The first-order chi connectivity index (χ1) is 11.6. The number of rotatable bonds is 7. The summed E-state index contributed by atoms with van der Waals surface area (Å²) in [5, 5.41) is 5.94. The zero-order chi connectivity index (χ0) is 17.4. The fraction of sp³-hybridized carbons (Fsp3) is 0.222. The summed E-state index contributed by atoms with van der Waals surface area (Å²) in [6, 6.07) is 13.1. The molecule has 2 aromatic carbocycles. The van der Waals surface area contributed by atoms with Gasteiger partial charge in [-0.1, -0.05) is 35.9 Å². The number of hydrogen-bond acceptors (Lipinski definition) is 2. The third kappa shape index (κ3) is 5.66. The Hall–Kier alpha value is -2.40. The van der Waals surface area contributed by atoms with Crippen LogP contribution in [0.15, 0.2) is 48.5 Å². The van der Waals surface area contributed by atoms with Crippen LogP contribution in [0.5, 0.6) is 0 Å². The summed E-state index contributed by atoms with van der Waals surface area (Å²) in [6.07, 6.45) is 0.966. The summed E-state index contributed by atoms with van der Waals surface area (Å²) in [5.74, 6) is -1.17. The Balaban J connectivity index is 1.65. The molecule has 0 saturated heterocycles. The number of hydrogen-bond donors (Lipinski definition) is 2. The second kappa shape index (κ2) is 9.03. The molecule has 0 spiro atoms. The molecule has 2 rings (SSSR count). The molecule has 2 amide bonds. The van der Waals surface area contributed by atoms with Crippen molar-refractivity contribution in [3.63, 3.8) is 0 Å². The second-order valence-electron chi connectivity index (χ2n) is 5.21. The van der Waals surface area contributed by atoms with Crippen molar-refractivity contribution >= 4 is 23.4 Å². The Morgan fingerprint density at radius 1 is 0.958 bits per heavy atom. The third-order valence-corrected chi connectivity index (χ3v) is 3.66. The Morgan fingerprint density at radius 3 is 2.33 bits per heavy atom. The van der Waals surface area contributed by atoms with Crippen LogP contribution in [0.25, 0.3) is 0 Å². The molecule has 2 aromatic rings. The standard InChI is InChI=1S/C18H18ClFN2O2/c19-14-8-5-13(6-9-14)7-10-17(23)21-11-12-22-18(24)15-3-1-2-4-16(15)20/h1-6,8-9H,7,10-12H2,(H,21,23)(H,22,24). The lowest BCUT2D eigenvalue weighted by molar-refractivity contribution is -0.121. The topological polar surface area (TPSA) is 58.2 Å². The van der Waals surface area contributed by atoms with E-state index in [1.807, 2.05) is 12.1 Å². The molecule has 0 saturated carbocycles. The minimum atomic E-state index is -0.568. The molecule has 4 nitrogen and oxygen atoms in total. The Labute approximate surface area is 145 Å². The first kappa shape index (κ1) is 17.9. The van der Waals surface area contributed by atoms with Crippen LogP contribution in [0.4, 0.5) is 4.39 Å². The van der Waals surface area contributed by atoms with Gasteiger partial charge in [0.1, 0.15) is 5.82 Å². The SMILES string of the molecule is O=C(CCc1ccc(Cl)cc1)NCCNC(=O)c1ccccc1F. The van der Waals surface area contributed by atoms with Gasteiger partial charge in [0, 0.05) is 24.5 Å². The van der Waals surface area contributed by atoms with Gasteiger partial charge in [0.2, 0.25) is 5.91 Å². The Morgan fingerprint density at radius 2 is 1.62 bits per heavy atom. The van der Waals surface area contributed by atoms with Crippen molar-refractivity contribution in [1.82, 2.24) is 10.6 Å². The van der Waals surface area contributed by atoms with Gasteiger partial charge in [-0.05, 0) is 36.2 Å². The zero-order valence-corrected chi connectivity index (χ0v) is 13.8. The van der Waals surface area contributed by atoms with Crippen LogP contribution in [-0.2, 0) is 11.2 Å². The first-order valence-corrected chi connectivity index (χ1v) is 7.98. The van der Waals surface area contributed by atoms with Gasteiger partial charge in [0.15, 0.2) is 0 Å². The predicted octanol–water partition coefficient (Wildman–Crippen LogP) is 2.96. The number of carbonyl (C=O) groups excluding carboxylic acids is 2. The molecule has 24 heavy (non-hydrogen) atoms. The van der Waals surface area contributed by atoms with E-state index in [2.05, 4.69) is 10.6 Å². The molecule has 0 aromatic heterocycles. The number of carbonyl (C=O) groups is 2. The van der Waals surface area contributed by atoms with Gasteiger partial charge in [0.25, 0.3) is 5.91 Å². The van der Waals surface area contributed by atoms with Crippen LogP contribution in [0.1, 0.15) is 22.3 Å². The van der Waals surface area contributed by atoms with Gasteiger partial charge in [-0.25, -0.2) is 4.39 Å². The van der Waals surface area contributed by atoms with Crippen LogP contribution in [0.3, 0.4) is 0 Å². The van der Waals surface area contributed by atoms with Gasteiger partial charge in [-0.2, -0.15) is 0 Å². The summed E-state index contributed by atoms with van der Waals surface area (Å²) in [6.45, 7) is 0.527. The molecule has 2 N–H and O–H groups in total. The highest BCUT2D eigenvalue weighted by molar-refractivity contribution is 6.30. The highest BCUT2D eigenvalue weighted by atomic mass is 35.5. The average molecular weight is 349 g/mol. The summed E-state index contributed by atoms with van der Waals surface area (Å²) >= 11 is 5.80. The summed E-state index contributed by atoms with van der Waals surface area (Å²) < 4.78 is 13.4. The van der Waals surface area contributed by atoms with E-state index in [1.54, 1.807) is 18.2 Å². The van der Waals surface area contributed by atoms with Gasteiger partial charge < -0.3 is 10.6 Å². The van der Waals surface area contributed by atoms with Crippen molar-refractivity contribution < 1.29 is 14.0 Å². The average Bonchev–Trinajstić information content (AvgIpc) is 2.58. The number of benzene rings is 2. The van der Waals surface area contributed by atoms with E-state index in [0.717, 1.165) is 5.56 Å². The molecule has 0 aliphatic carbocycles. The third-order valence-electron chi connectivity index (χ3n) is 3.41.